The van der Waals surface area contributed by atoms with Gasteiger partial charge < -0.3 is 10.4 Å². The number of aromatic nitrogens is 1. The highest BCUT2D eigenvalue weighted by molar-refractivity contribution is 7.99. The maximum absolute atomic E-state index is 8.67. The van der Waals surface area contributed by atoms with Gasteiger partial charge in [0.05, 0.1) is 11.2 Å². The summed E-state index contributed by atoms with van der Waals surface area (Å²) in [5.41, 5.74) is 2.14. The Morgan fingerprint density at radius 2 is 2.00 bits per heavy atom. The molecule has 0 fully saturated rings. The van der Waals surface area contributed by atoms with E-state index >= 15 is 0 Å². The normalized spacial score (nSPS) is 11.0. The Balaban J connectivity index is 1.72. The van der Waals surface area contributed by atoms with Crippen LogP contribution in [0.2, 0.25) is 0 Å². The van der Waals surface area contributed by atoms with Gasteiger partial charge in [-0.25, -0.2) is 0 Å². The lowest BCUT2D eigenvalue weighted by Gasteiger charge is -2.05. The predicted octanol–water partition coefficient (Wildman–Crippen LogP) is 2.44. The van der Waals surface area contributed by atoms with Crippen molar-refractivity contribution in [2.45, 2.75) is 13.0 Å². The van der Waals surface area contributed by atoms with Gasteiger partial charge in [-0.15, -0.1) is 0 Å². The molecule has 0 unspecified atom stereocenters. The van der Waals surface area contributed by atoms with Crippen LogP contribution in [0.15, 0.2) is 36.4 Å². The fraction of sp³-hybridized carbons (Fsp3) is 0.400. The Bertz CT molecular complexity index is 504. The largest absolute Gasteiger partial charge is 0.396 e. The summed E-state index contributed by atoms with van der Waals surface area (Å²) < 4.78 is 0. The van der Waals surface area contributed by atoms with Crippen LogP contribution in [0, 0.1) is 0 Å². The molecule has 2 rings (SSSR count). The number of fused-ring (bicyclic) bond motifs is 1. The van der Waals surface area contributed by atoms with Gasteiger partial charge in [0.15, 0.2) is 0 Å². The number of nitrogens with one attached hydrogen (secondary N) is 1. The molecule has 2 aromatic rings. The number of pyridine rings is 1. The number of benzene rings is 1. The third-order valence-electron chi connectivity index (χ3n) is 2.83. The summed E-state index contributed by atoms with van der Waals surface area (Å²) in [6.45, 7) is 2.08. The number of para-hydroxylation sites is 1. The van der Waals surface area contributed by atoms with Crippen LogP contribution < -0.4 is 5.32 Å². The second-order valence-electron chi connectivity index (χ2n) is 4.36. The summed E-state index contributed by atoms with van der Waals surface area (Å²) in [5.74, 6) is 2.11. The van der Waals surface area contributed by atoms with Gasteiger partial charge in [-0.2, -0.15) is 11.8 Å². The summed E-state index contributed by atoms with van der Waals surface area (Å²) in [6.07, 6.45) is 0.886. The molecule has 102 valence electrons. The maximum atomic E-state index is 8.67. The molecule has 0 aliphatic rings. The Hall–Kier alpha value is -1.10. The Kier molecular flexibility index (Phi) is 6.14. The minimum absolute atomic E-state index is 0.293. The van der Waals surface area contributed by atoms with E-state index in [-0.39, 0.29) is 0 Å². The second-order valence-corrected chi connectivity index (χ2v) is 5.59. The van der Waals surface area contributed by atoms with Gasteiger partial charge in [0.25, 0.3) is 0 Å². The summed E-state index contributed by atoms with van der Waals surface area (Å²) >= 11 is 1.87. The minimum atomic E-state index is 0.293. The molecule has 1 heterocycles. The van der Waals surface area contributed by atoms with Crippen molar-refractivity contribution >= 4 is 22.7 Å². The number of thioether (sulfide) groups is 1. The van der Waals surface area contributed by atoms with E-state index in [4.69, 9.17) is 5.11 Å². The van der Waals surface area contributed by atoms with E-state index in [9.17, 15) is 0 Å². The number of nitrogens with zero attached hydrogens (tertiary/aromatic N) is 1. The zero-order valence-corrected chi connectivity index (χ0v) is 11.8. The van der Waals surface area contributed by atoms with E-state index in [1.165, 1.54) is 5.39 Å². The molecule has 4 heteroatoms. The minimum Gasteiger partial charge on any atom is -0.396 e. The fourth-order valence-electron chi connectivity index (χ4n) is 1.84. The van der Waals surface area contributed by atoms with Crippen LogP contribution >= 0.6 is 11.8 Å². The molecule has 0 spiro atoms. The highest BCUT2D eigenvalue weighted by Gasteiger charge is 1.97. The van der Waals surface area contributed by atoms with Crippen molar-refractivity contribution in [3.05, 3.63) is 42.1 Å². The molecular weight excluding hydrogens is 256 g/mol. The molecule has 1 aromatic carbocycles. The number of aliphatic hydroxyl groups is 1. The highest BCUT2D eigenvalue weighted by Crippen LogP contribution is 2.11. The summed E-state index contributed by atoms with van der Waals surface area (Å²) in [7, 11) is 0. The van der Waals surface area contributed by atoms with Crippen molar-refractivity contribution in [1.82, 2.24) is 10.3 Å². The molecule has 0 saturated heterocycles. The van der Waals surface area contributed by atoms with Crippen LogP contribution in [-0.2, 0) is 6.54 Å². The lowest BCUT2D eigenvalue weighted by molar-refractivity contribution is 0.296. The van der Waals surface area contributed by atoms with Crippen LogP contribution in [0.3, 0.4) is 0 Å². The third-order valence-corrected chi connectivity index (χ3v) is 3.90. The molecule has 1 aromatic heterocycles. The average Bonchev–Trinajstić information content (AvgIpc) is 2.46. The van der Waals surface area contributed by atoms with Crippen molar-refractivity contribution in [2.24, 2.45) is 0 Å². The maximum Gasteiger partial charge on any atom is 0.0705 e. The van der Waals surface area contributed by atoms with Crippen molar-refractivity contribution < 1.29 is 5.11 Å². The molecule has 0 amide bonds. The average molecular weight is 276 g/mol. The predicted molar refractivity (Wildman–Crippen MR) is 82.5 cm³/mol. The van der Waals surface area contributed by atoms with Gasteiger partial charge in [-0.1, -0.05) is 24.3 Å². The Labute approximate surface area is 118 Å². The van der Waals surface area contributed by atoms with E-state index in [0.29, 0.717) is 6.61 Å². The van der Waals surface area contributed by atoms with Gasteiger partial charge in [-0.3, -0.25) is 4.98 Å². The van der Waals surface area contributed by atoms with E-state index in [1.807, 2.05) is 30.0 Å². The summed E-state index contributed by atoms with van der Waals surface area (Å²) in [6, 6.07) is 12.4. The smallest absolute Gasteiger partial charge is 0.0705 e. The van der Waals surface area contributed by atoms with E-state index in [0.717, 1.165) is 42.2 Å². The van der Waals surface area contributed by atoms with Gasteiger partial charge in [0, 0.05) is 30.8 Å². The van der Waals surface area contributed by atoms with Crippen molar-refractivity contribution in [3.63, 3.8) is 0 Å². The lowest BCUT2D eigenvalue weighted by atomic mass is 10.2. The highest BCUT2D eigenvalue weighted by atomic mass is 32.2. The molecular formula is C15H20N2OS. The first-order chi connectivity index (χ1) is 9.40. The summed E-state index contributed by atoms with van der Waals surface area (Å²) in [4.78, 5) is 4.62. The number of aliphatic hydroxyl groups excluding tert-OH is 1. The van der Waals surface area contributed by atoms with Crippen LogP contribution in [0.25, 0.3) is 10.9 Å². The molecule has 19 heavy (non-hydrogen) atoms. The molecule has 0 atom stereocenters. The molecule has 2 N–H and O–H groups in total. The zero-order valence-electron chi connectivity index (χ0n) is 11.0. The zero-order chi connectivity index (χ0) is 13.3. The van der Waals surface area contributed by atoms with Gasteiger partial charge in [0.2, 0.25) is 0 Å². The van der Waals surface area contributed by atoms with Gasteiger partial charge in [-0.05, 0) is 24.3 Å². The second kappa shape index (κ2) is 8.15. The van der Waals surface area contributed by atoms with Crippen LogP contribution in [0.5, 0.6) is 0 Å². The first-order valence-electron chi connectivity index (χ1n) is 6.64. The molecule has 0 radical (unpaired) electrons. The third kappa shape index (κ3) is 4.82. The Morgan fingerprint density at radius 3 is 2.89 bits per heavy atom. The van der Waals surface area contributed by atoms with Gasteiger partial charge >= 0.3 is 0 Å². The van der Waals surface area contributed by atoms with Gasteiger partial charge in [0.1, 0.15) is 0 Å². The molecule has 0 aliphatic carbocycles. The standard InChI is InChI=1S/C15H20N2OS/c18-9-3-10-19-11-8-16-12-14-7-6-13-4-1-2-5-15(13)17-14/h1-2,4-7,16,18H,3,8-12H2. The van der Waals surface area contributed by atoms with Crippen LogP contribution in [0.1, 0.15) is 12.1 Å². The van der Waals surface area contributed by atoms with Crippen LogP contribution in [-0.4, -0.2) is 34.7 Å². The van der Waals surface area contributed by atoms with E-state index < -0.39 is 0 Å². The molecule has 3 nitrogen and oxygen atoms in total. The monoisotopic (exact) mass is 276 g/mol. The number of hydrogen-bond acceptors (Lipinski definition) is 4. The van der Waals surface area contributed by atoms with Crippen LogP contribution in [0.4, 0.5) is 0 Å². The van der Waals surface area contributed by atoms with Crippen molar-refractivity contribution in [1.29, 1.82) is 0 Å². The topological polar surface area (TPSA) is 45.1 Å². The van der Waals surface area contributed by atoms with E-state index in [1.54, 1.807) is 0 Å². The number of hydrogen-bond donors (Lipinski definition) is 2. The molecule has 0 saturated carbocycles. The fourth-order valence-corrected chi connectivity index (χ4v) is 2.66. The lowest BCUT2D eigenvalue weighted by Crippen LogP contribution is -2.17. The number of rotatable bonds is 8. The SMILES string of the molecule is OCCCSCCNCc1ccc2ccccc2n1. The van der Waals surface area contributed by atoms with E-state index in [2.05, 4.69) is 28.5 Å². The first-order valence-corrected chi connectivity index (χ1v) is 7.79. The molecule has 0 aliphatic heterocycles. The Morgan fingerprint density at radius 1 is 1.11 bits per heavy atom. The molecule has 0 bridgehead atoms. The first kappa shape index (κ1) is 14.3. The van der Waals surface area contributed by atoms with Crippen molar-refractivity contribution in [3.8, 4) is 0 Å². The summed E-state index contributed by atoms with van der Waals surface area (Å²) in [5, 5.41) is 13.3. The quantitative estimate of drug-likeness (QED) is 0.727. The van der Waals surface area contributed by atoms with Crippen molar-refractivity contribution in [2.75, 3.05) is 24.7 Å².